The van der Waals surface area contributed by atoms with Crippen LogP contribution < -0.4 is 10.2 Å². The Bertz CT molecular complexity index is 1220. The Labute approximate surface area is 168 Å². The molecule has 2 aromatic heterocycles. The molecule has 1 unspecified atom stereocenters. The van der Waals surface area contributed by atoms with Crippen LogP contribution in [0.2, 0.25) is 0 Å². The molecule has 142 valence electrons. The first-order valence-electron chi connectivity index (χ1n) is 9.55. The molecule has 1 aliphatic rings. The molecule has 1 atom stereocenters. The predicted octanol–water partition coefficient (Wildman–Crippen LogP) is 4.36. The summed E-state index contributed by atoms with van der Waals surface area (Å²) in [6.07, 6.45) is 4.02. The van der Waals surface area contributed by atoms with Crippen molar-refractivity contribution in [2.45, 2.75) is 19.4 Å². The topological polar surface area (TPSA) is 71.0 Å². The number of aromatic nitrogens is 3. The summed E-state index contributed by atoms with van der Waals surface area (Å²) in [6, 6.07) is 19.6. The predicted molar refractivity (Wildman–Crippen MR) is 113 cm³/mol. The number of benzene rings is 2. The number of para-hydroxylation sites is 2. The van der Waals surface area contributed by atoms with Gasteiger partial charge in [-0.15, -0.1) is 0 Å². The number of nitrogens with zero attached hydrogens (tertiary/aromatic N) is 4. The highest BCUT2D eigenvalue weighted by molar-refractivity contribution is 6.07. The Balaban J connectivity index is 1.46. The third-order valence-corrected chi connectivity index (χ3v) is 5.21. The summed E-state index contributed by atoms with van der Waals surface area (Å²) in [6.45, 7) is 2.06. The van der Waals surface area contributed by atoms with Crippen molar-refractivity contribution in [1.29, 1.82) is 0 Å². The number of hydrogen-bond acceptors (Lipinski definition) is 5. The first kappa shape index (κ1) is 17.3. The molecule has 29 heavy (non-hydrogen) atoms. The van der Waals surface area contributed by atoms with E-state index in [0.29, 0.717) is 11.5 Å². The van der Waals surface area contributed by atoms with Gasteiger partial charge in [-0.25, -0.2) is 9.97 Å². The average molecular weight is 381 g/mol. The van der Waals surface area contributed by atoms with Gasteiger partial charge >= 0.3 is 0 Å². The highest BCUT2D eigenvalue weighted by Crippen LogP contribution is 2.33. The summed E-state index contributed by atoms with van der Waals surface area (Å²) in [7, 11) is 0. The van der Waals surface area contributed by atoms with E-state index in [-0.39, 0.29) is 11.9 Å². The number of carbonyl (C=O) groups is 1. The molecule has 0 fully saturated rings. The van der Waals surface area contributed by atoms with Crippen molar-refractivity contribution in [3.8, 4) is 0 Å². The molecule has 0 saturated heterocycles. The maximum absolute atomic E-state index is 13.2. The molecule has 3 heterocycles. The fraction of sp³-hybridized carbons (Fsp3) is 0.130. The second-order valence-corrected chi connectivity index (χ2v) is 7.15. The Morgan fingerprint density at radius 2 is 1.90 bits per heavy atom. The third kappa shape index (κ3) is 3.08. The number of carbonyl (C=O) groups excluding carboxylic acids is 1. The molecule has 6 nitrogen and oxygen atoms in total. The van der Waals surface area contributed by atoms with Crippen molar-refractivity contribution >= 4 is 34.0 Å². The van der Waals surface area contributed by atoms with Crippen LogP contribution in [0.5, 0.6) is 0 Å². The molecule has 4 aromatic rings. The zero-order valence-electron chi connectivity index (χ0n) is 15.9. The molecule has 1 aliphatic heterocycles. The van der Waals surface area contributed by atoms with Crippen molar-refractivity contribution < 1.29 is 4.79 Å². The maximum atomic E-state index is 13.2. The molecule has 0 spiro atoms. The standard InChI is InChI=1S/C23H19N5O/c1-15-12-17-6-2-3-10-20(17)28(15)23(29)19-13-21(26-14-25-19)27-18-9-4-7-16-8-5-11-24-22(16)18/h2-11,13-15H,12H2,1H3,(H,25,26,27). The van der Waals surface area contributed by atoms with Crippen LogP contribution in [-0.2, 0) is 6.42 Å². The lowest BCUT2D eigenvalue weighted by Gasteiger charge is -2.22. The molecule has 0 aliphatic carbocycles. The number of anilines is 3. The van der Waals surface area contributed by atoms with E-state index < -0.39 is 0 Å². The van der Waals surface area contributed by atoms with Crippen LogP contribution in [0.1, 0.15) is 23.0 Å². The van der Waals surface area contributed by atoms with E-state index in [4.69, 9.17) is 0 Å². The van der Waals surface area contributed by atoms with Gasteiger partial charge in [0.1, 0.15) is 17.8 Å². The van der Waals surface area contributed by atoms with Crippen molar-refractivity contribution in [3.05, 3.63) is 84.4 Å². The van der Waals surface area contributed by atoms with Crippen LogP contribution in [0.4, 0.5) is 17.2 Å². The summed E-state index contributed by atoms with van der Waals surface area (Å²) in [5.74, 6) is 0.436. The van der Waals surface area contributed by atoms with Crippen molar-refractivity contribution in [3.63, 3.8) is 0 Å². The lowest BCUT2D eigenvalue weighted by molar-refractivity contribution is 0.0976. The summed E-state index contributed by atoms with van der Waals surface area (Å²) in [4.78, 5) is 28.0. The lowest BCUT2D eigenvalue weighted by Crippen LogP contribution is -2.36. The van der Waals surface area contributed by atoms with E-state index in [0.717, 1.165) is 28.7 Å². The SMILES string of the molecule is CC1Cc2ccccc2N1C(=O)c1cc(Nc2cccc3cccnc23)ncn1. The monoisotopic (exact) mass is 381 g/mol. The van der Waals surface area contributed by atoms with Crippen LogP contribution in [0, 0.1) is 0 Å². The molecule has 0 radical (unpaired) electrons. The molecule has 5 rings (SSSR count). The van der Waals surface area contributed by atoms with Gasteiger partial charge in [-0.3, -0.25) is 9.78 Å². The van der Waals surface area contributed by atoms with Gasteiger partial charge in [0.15, 0.2) is 0 Å². The Hall–Kier alpha value is -3.80. The minimum Gasteiger partial charge on any atom is -0.338 e. The van der Waals surface area contributed by atoms with E-state index >= 15 is 0 Å². The molecular formula is C23H19N5O. The van der Waals surface area contributed by atoms with Crippen LogP contribution in [0.3, 0.4) is 0 Å². The number of nitrogens with one attached hydrogen (secondary N) is 1. The quantitative estimate of drug-likeness (QED) is 0.571. The molecule has 1 N–H and O–H groups in total. The Morgan fingerprint density at radius 1 is 1.03 bits per heavy atom. The average Bonchev–Trinajstić information content (AvgIpc) is 3.09. The van der Waals surface area contributed by atoms with Crippen LogP contribution in [-0.4, -0.2) is 26.9 Å². The van der Waals surface area contributed by atoms with Gasteiger partial charge in [-0.1, -0.05) is 36.4 Å². The molecule has 0 saturated carbocycles. The van der Waals surface area contributed by atoms with E-state index in [9.17, 15) is 4.79 Å². The number of pyridine rings is 1. The Morgan fingerprint density at radius 3 is 2.83 bits per heavy atom. The van der Waals surface area contributed by atoms with E-state index in [2.05, 4.69) is 33.3 Å². The minimum absolute atomic E-state index is 0.0912. The zero-order valence-corrected chi connectivity index (χ0v) is 15.9. The van der Waals surface area contributed by atoms with Crippen LogP contribution in [0.15, 0.2) is 73.2 Å². The minimum atomic E-state index is -0.121. The molecule has 2 aromatic carbocycles. The van der Waals surface area contributed by atoms with Crippen molar-refractivity contribution in [2.24, 2.45) is 0 Å². The number of fused-ring (bicyclic) bond motifs is 2. The smallest absolute Gasteiger partial charge is 0.277 e. The van der Waals surface area contributed by atoms with Crippen molar-refractivity contribution in [2.75, 3.05) is 10.2 Å². The Kier molecular flexibility index (Phi) is 4.17. The van der Waals surface area contributed by atoms with Crippen LogP contribution >= 0.6 is 0 Å². The van der Waals surface area contributed by atoms with Crippen LogP contribution in [0.25, 0.3) is 10.9 Å². The largest absolute Gasteiger partial charge is 0.338 e. The van der Waals surface area contributed by atoms with Crippen molar-refractivity contribution in [1.82, 2.24) is 15.0 Å². The highest BCUT2D eigenvalue weighted by Gasteiger charge is 2.32. The molecule has 6 heteroatoms. The number of rotatable bonds is 3. The molecule has 0 bridgehead atoms. The fourth-order valence-electron chi connectivity index (χ4n) is 3.88. The van der Waals surface area contributed by atoms with Gasteiger partial charge in [0, 0.05) is 29.4 Å². The van der Waals surface area contributed by atoms with E-state index in [1.54, 1.807) is 12.3 Å². The molecule has 1 amide bonds. The van der Waals surface area contributed by atoms with E-state index in [1.807, 2.05) is 53.4 Å². The van der Waals surface area contributed by atoms with Gasteiger partial charge in [-0.05, 0) is 37.1 Å². The van der Waals surface area contributed by atoms with E-state index in [1.165, 1.54) is 11.9 Å². The van der Waals surface area contributed by atoms with Gasteiger partial charge in [0.05, 0.1) is 11.2 Å². The summed E-state index contributed by atoms with van der Waals surface area (Å²) in [5.41, 5.74) is 4.18. The third-order valence-electron chi connectivity index (χ3n) is 5.21. The first-order chi connectivity index (χ1) is 14.2. The normalized spacial score (nSPS) is 15.3. The number of amides is 1. The van der Waals surface area contributed by atoms with Gasteiger partial charge < -0.3 is 10.2 Å². The fourth-order valence-corrected chi connectivity index (χ4v) is 3.88. The van der Waals surface area contributed by atoms with Gasteiger partial charge in [0.25, 0.3) is 5.91 Å². The second-order valence-electron chi connectivity index (χ2n) is 7.15. The molecular weight excluding hydrogens is 362 g/mol. The number of hydrogen-bond donors (Lipinski definition) is 1. The maximum Gasteiger partial charge on any atom is 0.277 e. The van der Waals surface area contributed by atoms with Gasteiger partial charge in [-0.2, -0.15) is 0 Å². The summed E-state index contributed by atoms with van der Waals surface area (Å²) >= 11 is 0. The van der Waals surface area contributed by atoms with Gasteiger partial charge in [0.2, 0.25) is 0 Å². The summed E-state index contributed by atoms with van der Waals surface area (Å²) in [5, 5.41) is 4.31. The first-order valence-corrected chi connectivity index (χ1v) is 9.55. The second kappa shape index (κ2) is 6.98. The summed E-state index contributed by atoms with van der Waals surface area (Å²) < 4.78 is 0. The zero-order chi connectivity index (χ0) is 19.8. The lowest BCUT2D eigenvalue weighted by atomic mass is 10.1. The highest BCUT2D eigenvalue weighted by atomic mass is 16.2.